The molecule has 1 fully saturated rings. The Balaban J connectivity index is 1.69. The molecule has 1 atom stereocenters. The van der Waals surface area contributed by atoms with Gasteiger partial charge in [0.1, 0.15) is 18.3 Å². The Labute approximate surface area is 280 Å². The highest BCUT2D eigenvalue weighted by molar-refractivity contribution is 7.98. The number of benzene rings is 3. The maximum atomic E-state index is 14.2. The van der Waals surface area contributed by atoms with Crippen molar-refractivity contribution < 1.29 is 22.7 Å². The van der Waals surface area contributed by atoms with Crippen LogP contribution in [-0.2, 0) is 26.2 Å². The third-order valence-corrected chi connectivity index (χ3v) is 11.1. The van der Waals surface area contributed by atoms with E-state index in [1.54, 1.807) is 61.5 Å². The van der Waals surface area contributed by atoms with Gasteiger partial charge in [-0.3, -0.25) is 13.9 Å². The first-order valence-corrected chi connectivity index (χ1v) is 18.4. The van der Waals surface area contributed by atoms with Gasteiger partial charge in [0, 0.05) is 17.5 Å². The van der Waals surface area contributed by atoms with Crippen molar-refractivity contribution in [3.8, 4) is 5.75 Å². The molecule has 3 aromatic carbocycles. The molecule has 12 heteroatoms. The minimum atomic E-state index is -4.19. The molecule has 0 aliphatic heterocycles. The molecule has 0 radical (unpaired) electrons. The summed E-state index contributed by atoms with van der Waals surface area (Å²) in [5.41, 5.74) is 0.938. The topological polar surface area (TPSA) is 96.0 Å². The van der Waals surface area contributed by atoms with Crippen LogP contribution in [0.15, 0.2) is 76.5 Å². The summed E-state index contributed by atoms with van der Waals surface area (Å²) >= 11 is 13.9. The molecule has 1 unspecified atom stereocenters. The van der Waals surface area contributed by atoms with Gasteiger partial charge >= 0.3 is 0 Å². The Kier molecular flexibility index (Phi) is 12.5. The van der Waals surface area contributed by atoms with E-state index in [4.69, 9.17) is 27.9 Å². The van der Waals surface area contributed by atoms with Crippen LogP contribution in [-0.4, -0.2) is 56.6 Å². The van der Waals surface area contributed by atoms with Gasteiger partial charge in [-0.05, 0) is 99.2 Å². The summed E-state index contributed by atoms with van der Waals surface area (Å²) in [5, 5.41) is 3.78. The highest BCUT2D eigenvalue weighted by Crippen LogP contribution is 2.29. The molecule has 45 heavy (non-hydrogen) atoms. The van der Waals surface area contributed by atoms with Crippen LogP contribution in [0.25, 0.3) is 0 Å². The van der Waals surface area contributed by atoms with Crippen LogP contribution < -0.4 is 14.4 Å². The van der Waals surface area contributed by atoms with E-state index >= 15 is 0 Å². The molecule has 0 bridgehead atoms. The third kappa shape index (κ3) is 9.09. The largest absolute Gasteiger partial charge is 0.494 e. The lowest BCUT2D eigenvalue weighted by Gasteiger charge is -2.33. The summed E-state index contributed by atoms with van der Waals surface area (Å²) in [6, 6.07) is 17.2. The molecular formula is C33H39Cl2N3O5S2. The van der Waals surface area contributed by atoms with Crippen molar-refractivity contribution in [1.29, 1.82) is 0 Å². The van der Waals surface area contributed by atoms with Crippen molar-refractivity contribution in [2.75, 3.05) is 23.7 Å². The number of hydrogen-bond acceptors (Lipinski definition) is 6. The first-order chi connectivity index (χ1) is 21.5. The van der Waals surface area contributed by atoms with Crippen LogP contribution in [0.2, 0.25) is 10.0 Å². The highest BCUT2D eigenvalue weighted by Gasteiger charge is 2.33. The molecule has 1 aliphatic carbocycles. The van der Waals surface area contributed by atoms with Crippen molar-refractivity contribution in [3.63, 3.8) is 0 Å². The average Bonchev–Trinajstić information content (AvgIpc) is 3.04. The normalized spacial score (nSPS) is 14.4. The summed E-state index contributed by atoms with van der Waals surface area (Å²) in [4.78, 5) is 30.1. The fourth-order valence-electron chi connectivity index (χ4n) is 5.26. The van der Waals surface area contributed by atoms with E-state index < -0.39 is 28.5 Å². The number of carbonyl (C=O) groups is 2. The smallest absolute Gasteiger partial charge is 0.264 e. The summed E-state index contributed by atoms with van der Waals surface area (Å²) < 4.78 is 34.9. The SMILES string of the molecule is CCOc1ccc(N(CC(=O)N(Cc2ccc(Cl)c(Cl)c2)C(C)C(=O)NC2CCCCC2)S(=O)(=O)c2ccc(SC)cc2)cc1. The fourth-order valence-corrected chi connectivity index (χ4v) is 7.41. The zero-order chi connectivity index (χ0) is 32.6. The molecule has 1 N–H and O–H groups in total. The van der Waals surface area contributed by atoms with Crippen molar-refractivity contribution >= 4 is 62.5 Å². The number of nitrogens with zero attached hydrogens (tertiary/aromatic N) is 2. The van der Waals surface area contributed by atoms with Crippen LogP contribution in [0.1, 0.15) is 51.5 Å². The van der Waals surface area contributed by atoms with E-state index in [0.717, 1.165) is 41.3 Å². The van der Waals surface area contributed by atoms with Crippen molar-refractivity contribution in [3.05, 3.63) is 82.3 Å². The number of sulfonamides is 1. The van der Waals surface area contributed by atoms with Gasteiger partial charge < -0.3 is 15.0 Å². The van der Waals surface area contributed by atoms with Crippen molar-refractivity contribution in [2.45, 2.75) is 74.4 Å². The van der Waals surface area contributed by atoms with Crippen LogP contribution in [0.4, 0.5) is 5.69 Å². The highest BCUT2D eigenvalue weighted by atomic mass is 35.5. The second-order valence-corrected chi connectivity index (χ2v) is 14.5. The zero-order valence-electron chi connectivity index (χ0n) is 25.7. The van der Waals surface area contributed by atoms with Gasteiger partial charge in [-0.25, -0.2) is 8.42 Å². The van der Waals surface area contributed by atoms with E-state index in [1.807, 2.05) is 13.2 Å². The summed E-state index contributed by atoms with van der Waals surface area (Å²) in [5.74, 6) is -0.271. The fraction of sp³-hybridized carbons (Fsp3) is 0.394. The molecule has 0 spiro atoms. The molecule has 3 aromatic rings. The predicted octanol–water partition coefficient (Wildman–Crippen LogP) is 7.18. The average molecular weight is 693 g/mol. The molecule has 2 amide bonds. The monoisotopic (exact) mass is 691 g/mol. The van der Waals surface area contributed by atoms with Gasteiger partial charge in [-0.15, -0.1) is 11.8 Å². The number of ether oxygens (including phenoxy) is 1. The molecule has 1 aliphatic rings. The lowest BCUT2D eigenvalue weighted by Crippen LogP contribution is -2.53. The number of anilines is 1. The van der Waals surface area contributed by atoms with Crippen LogP contribution >= 0.6 is 35.0 Å². The molecule has 0 aromatic heterocycles. The lowest BCUT2D eigenvalue weighted by atomic mass is 9.95. The second kappa shape index (κ2) is 16.1. The van der Waals surface area contributed by atoms with Crippen LogP contribution in [0.3, 0.4) is 0 Å². The minimum absolute atomic E-state index is 0.0224. The lowest BCUT2D eigenvalue weighted by molar-refractivity contribution is -0.139. The number of carbonyl (C=O) groups excluding carboxylic acids is 2. The molecule has 1 saturated carbocycles. The third-order valence-electron chi connectivity index (χ3n) is 7.82. The quantitative estimate of drug-likeness (QED) is 0.191. The number of amides is 2. The molecule has 8 nitrogen and oxygen atoms in total. The van der Waals surface area contributed by atoms with Gasteiger partial charge in [0.25, 0.3) is 10.0 Å². The van der Waals surface area contributed by atoms with E-state index in [1.165, 1.54) is 28.8 Å². The Morgan fingerprint density at radius 3 is 2.24 bits per heavy atom. The first kappa shape index (κ1) is 34.9. The van der Waals surface area contributed by atoms with E-state index in [9.17, 15) is 18.0 Å². The maximum absolute atomic E-state index is 14.2. The number of hydrogen-bond donors (Lipinski definition) is 1. The Bertz CT molecular complexity index is 1560. The summed E-state index contributed by atoms with van der Waals surface area (Å²) in [6.45, 7) is 3.45. The van der Waals surface area contributed by atoms with Crippen LogP contribution in [0, 0.1) is 0 Å². The standard InChI is InChI=1S/C33H39Cl2N3O5S2/c1-4-43-27-13-11-26(12-14-27)38(45(41,42)29-17-15-28(44-3)16-18-29)22-32(39)37(21-24-10-19-30(34)31(35)20-24)23(2)33(40)36-25-8-6-5-7-9-25/h10-20,23,25H,4-9,21-22H2,1-3H3,(H,36,40). The minimum Gasteiger partial charge on any atom is -0.494 e. The van der Waals surface area contributed by atoms with Gasteiger partial charge in [-0.2, -0.15) is 0 Å². The summed E-state index contributed by atoms with van der Waals surface area (Å²) in [7, 11) is -4.19. The predicted molar refractivity (Wildman–Crippen MR) is 182 cm³/mol. The van der Waals surface area contributed by atoms with E-state index in [0.29, 0.717) is 28.0 Å². The number of thioether (sulfide) groups is 1. The molecule has 242 valence electrons. The molecule has 4 rings (SSSR count). The van der Waals surface area contributed by atoms with E-state index in [2.05, 4.69) is 5.32 Å². The van der Waals surface area contributed by atoms with Gasteiger partial charge in [0.15, 0.2) is 0 Å². The zero-order valence-corrected chi connectivity index (χ0v) is 28.8. The molecule has 0 heterocycles. The number of nitrogens with one attached hydrogen (secondary N) is 1. The van der Waals surface area contributed by atoms with Crippen LogP contribution in [0.5, 0.6) is 5.75 Å². The Hall–Kier alpha value is -2.92. The Morgan fingerprint density at radius 2 is 1.64 bits per heavy atom. The molecular weight excluding hydrogens is 653 g/mol. The summed E-state index contributed by atoms with van der Waals surface area (Å²) in [6.07, 6.45) is 6.90. The first-order valence-electron chi connectivity index (χ1n) is 15.0. The van der Waals surface area contributed by atoms with E-state index in [-0.39, 0.29) is 29.1 Å². The van der Waals surface area contributed by atoms with Gasteiger partial charge in [0.05, 0.1) is 27.2 Å². The van der Waals surface area contributed by atoms with Crippen molar-refractivity contribution in [1.82, 2.24) is 10.2 Å². The maximum Gasteiger partial charge on any atom is 0.264 e. The number of halogens is 2. The second-order valence-electron chi connectivity index (χ2n) is 10.9. The Morgan fingerprint density at radius 1 is 0.978 bits per heavy atom. The molecule has 0 saturated heterocycles. The van der Waals surface area contributed by atoms with Gasteiger partial charge in [-0.1, -0.05) is 48.5 Å². The van der Waals surface area contributed by atoms with Crippen molar-refractivity contribution in [2.24, 2.45) is 0 Å². The van der Waals surface area contributed by atoms with Gasteiger partial charge in [0.2, 0.25) is 11.8 Å². The number of rotatable bonds is 13.